The van der Waals surface area contributed by atoms with Gasteiger partial charge in [0.25, 0.3) is 5.91 Å². The maximum atomic E-state index is 13.3. The van der Waals surface area contributed by atoms with Gasteiger partial charge in [0.2, 0.25) is 0 Å². The number of aryl methyl sites for hydroxylation is 1. The van der Waals surface area contributed by atoms with Crippen molar-refractivity contribution in [1.82, 2.24) is 25.3 Å². The van der Waals surface area contributed by atoms with Crippen LogP contribution in [0.25, 0.3) is 5.69 Å². The summed E-state index contributed by atoms with van der Waals surface area (Å²) in [4.78, 5) is 12.8. The first kappa shape index (κ1) is 19.4. The van der Waals surface area contributed by atoms with Crippen LogP contribution in [0.5, 0.6) is 0 Å². The van der Waals surface area contributed by atoms with E-state index in [1.807, 2.05) is 16.9 Å². The van der Waals surface area contributed by atoms with Crippen LogP contribution in [0.3, 0.4) is 0 Å². The number of hydrogen-bond donors (Lipinski definition) is 2. The number of carbonyl (C=O) groups is 1. The molecule has 6 nitrogen and oxygen atoms in total. The highest BCUT2D eigenvalue weighted by atomic mass is 19.1. The summed E-state index contributed by atoms with van der Waals surface area (Å²) < 4.78 is 15.2. The number of nitrogens with one attached hydrogen (secondary N) is 2. The van der Waals surface area contributed by atoms with E-state index in [1.165, 1.54) is 12.1 Å². The van der Waals surface area contributed by atoms with Crippen molar-refractivity contribution in [2.75, 3.05) is 0 Å². The van der Waals surface area contributed by atoms with E-state index in [0.717, 1.165) is 48.3 Å². The molecule has 1 aliphatic carbocycles. The van der Waals surface area contributed by atoms with Crippen molar-refractivity contribution in [3.05, 3.63) is 65.0 Å². The van der Waals surface area contributed by atoms with Crippen LogP contribution < -0.4 is 5.32 Å². The molecule has 2 heterocycles. The zero-order valence-electron chi connectivity index (χ0n) is 17.0. The summed E-state index contributed by atoms with van der Waals surface area (Å²) in [5.74, 6) is -0.464. The molecular weight excluding hydrogens is 369 g/mol. The predicted molar refractivity (Wildman–Crippen MR) is 108 cm³/mol. The zero-order chi connectivity index (χ0) is 20.6. The van der Waals surface area contributed by atoms with E-state index in [4.69, 9.17) is 0 Å². The highest BCUT2D eigenvalue weighted by Gasteiger charge is 2.36. The number of H-pyrrole nitrogens is 1. The molecule has 2 aromatic heterocycles. The van der Waals surface area contributed by atoms with Gasteiger partial charge in [0.15, 0.2) is 0 Å². The summed E-state index contributed by atoms with van der Waals surface area (Å²) >= 11 is 0. The molecule has 0 bridgehead atoms. The van der Waals surface area contributed by atoms with Crippen LogP contribution in [-0.4, -0.2) is 25.9 Å². The molecule has 3 aromatic rings. The minimum absolute atomic E-state index is 0.0122. The van der Waals surface area contributed by atoms with Crippen molar-refractivity contribution in [3.8, 4) is 5.69 Å². The third kappa shape index (κ3) is 3.95. The average molecular weight is 395 g/mol. The molecule has 1 amide bonds. The number of amides is 1. The Morgan fingerprint density at radius 3 is 2.83 bits per heavy atom. The summed E-state index contributed by atoms with van der Waals surface area (Å²) in [6.07, 6.45) is 5.31. The monoisotopic (exact) mass is 395 g/mol. The fourth-order valence-corrected chi connectivity index (χ4v) is 4.08. The van der Waals surface area contributed by atoms with Crippen LogP contribution in [0.15, 0.2) is 36.5 Å². The first-order valence-electron chi connectivity index (χ1n) is 10.0. The van der Waals surface area contributed by atoms with Gasteiger partial charge in [0.05, 0.1) is 23.6 Å². The lowest BCUT2D eigenvalue weighted by atomic mass is 9.74. The molecule has 152 valence electrons. The topological polar surface area (TPSA) is 75.6 Å². The fourth-order valence-electron chi connectivity index (χ4n) is 4.08. The molecule has 4 rings (SSSR count). The Labute approximate surface area is 169 Å². The molecule has 29 heavy (non-hydrogen) atoms. The summed E-state index contributed by atoms with van der Waals surface area (Å²) in [6.45, 7) is 6.46. The number of benzene rings is 1. The number of carbonyl (C=O) groups excluding carboxylic acids is 1. The van der Waals surface area contributed by atoms with Crippen molar-refractivity contribution in [3.63, 3.8) is 0 Å². The van der Waals surface area contributed by atoms with Gasteiger partial charge in [-0.25, -0.2) is 9.07 Å². The molecule has 0 radical (unpaired) electrons. The number of aromatic amines is 1. The molecule has 7 heteroatoms. The molecule has 2 N–H and O–H groups in total. The van der Waals surface area contributed by atoms with Gasteiger partial charge in [-0.1, -0.05) is 27.2 Å². The van der Waals surface area contributed by atoms with Gasteiger partial charge >= 0.3 is 0 Å². The number of nitrogens with zero attached hydrogens (tertiary/aromatic N) is 3. The summed E-state index contributed by atoms with van der Waals surface area (Å²) in [5, 5.41) is 14.8. The van der Waals surface area contributed by atoms with E-state index in [0.29, 0.717) is 5.69 Å². The van der Waals surface area contributed by atoms with Crippen LogP contribution in [-0.2, 0) is 12.8 Å². The maximum Gasteiger partial charge on any atom is 0.272 e. The van der Waals surface area contributed by atoms with Crippen LogP contribution in [0.1, 0.15) is 67.1 Å². The van der Waals surface area contributed by atoms with Gasteiger partial charge in [-0.2, -0.15) is 10.2 Å². The minimum atomic E-state index is -0.276. The van der Waals surface area contributed by atoms with E-state index < -0.39 is 0 Å². The minimum Gasteiger partial charge on any atom is -0.344 e. The second-order valence-electron chi connectivity index (χ2n) is 8.53. The summed E-state index contributed by atoms with van der Waals surface area (Å²) in [5.41, 5.74) is 4.22. The Kier molecular flexibility index (Phi) is 4.98. The number of hydrogen-bond acceptors (Lipinski definition) is 3. The van der Waals surface area contributed by atoms with Crippen LogP contribution in [0.2, 0.25) is 0 Å². The quantitative estimate of drug-likeness (QED) is 0.682. The maximum absolute atomic E-state index is 13.3. The van der Waals surface area contributed by atoms with E-state index in [1.54, 1.807) is 12.1 Å². The second kappa shape index (κ2) is 7.46. The third-order valence-electron chi connectivity index (χ3n) is 5.44. The molecule has 0 fully saturated rings. The van der Waals surface area contributed by atoms with Gasteiger partial charge in [0, 0.05) is 11.3 Å². The molecular formula is C22H26FN5O. The van der Waals surface area contributed by atoms with E-state index in [2.05, 4.69) is 41.4 Å². The van der Waals surface area contributed by atoms with Crippen molar-refractivity contribution >= 4 is 5.91 Å². The van der Waals surface area contributed by atoms with Crippen molar-refractivity contribution in [2.24, 2.45) is 5.41 Å². The molecule has 1 aliphatic rings. The number of fused-ring (bicyclic) bond motifs is 1. The Bertz CT molecular complexity index is 1020. The lowest BCUT2D eigenvalue weighted by molar-refractivity contribution is 0.0914. The molecule has 0 spiro atoms. The number of rotatable bonds is 5. The predicted octanol–water partition coefficient (Wildman–Crippen LogP) is 4.13. The van der Waals surface area contributed by atoms with Crippen molar-refractivity contribution in [1.29, 1.82) is 0 Å². The molecule has 0 aliphatic heterocycles. The normalized spacial score (nSPS) is 17.7. The van der Waals surface area contributed by atoms with Crippen LogP contribution in [0.4, 0.5) is 4.39 Å². The Balaban J connectivity index is 1.62. The van der Waals surface area contributed by atoms with Gasteiger partial charge in [-0.15, -0.1) is 0 Å². The SMILES string of the molecule is CCCc1cc(C(=O)N[C@H]2CC(C)(C)Cc3c2cnn3-c2ccc(F)cc2)n[nH]1. The van der Waals surface area contributed by atoms with Gasteiger partial charge in [0.1, 0.15) is 11.5 Å². The van der Waals surface area contributed by atoms with Gasteiger partial charge in [-0.3, -0.25) is 9.89 Å². The van der Waals surface area contributed by atoms with Crippen molar-refractivity contribution in [2.45, 2.75) is 52.5 Å². The molecule has 0 saturated carbocycles. The summed E-state index contributed by atoms with van der Waals surface area (Å²) in [6, 6.07) is 7.97. The molecule has 0 saturated heterocycles. The number of aromatic nitrogens is 4. The second-order valence-corrected chi connectivity index (χ2v) is 8.53. The van der Waals surface area contributed by atoms with E-state index in [9.17, 15) is 9.18 Å². The zero-order valence-corrected chi connectivity index (χ0v) is 17.0. The lowest BCUT2D eigenvalue weighted by Gasteiger charge is -2.35. The first-order chi connectivity index (χ1) is 13.9. The molecule has 1 atom stereocenters. The smallest absolute Gasteiger partial charge is 0.272 e. The lowest BCUT2D eigenvalue weighted by Crippen LogP contribution is -2.37. The Morgan fingerprint density at radius 2 is 2.10 bits per heavy atom. The fraction of sp³-hybridized carbons (Fsp3) is 0.409. The third-order valence-corrected chi connectivity index (χ3v) is 5.44. The van der Waals surface area contributed by atoms with Crippen molar-refractivity contribution < 1.29 is 9.18 Å². The standard InChI is InChI=1S/C22H26FN5O/c1-4-5-15-10-18(27-26-15)21(29)25-19-11-22(2,3)12-20-17(19)13-24-28(20)16-8-6-14(23)7-9-16/h6-10,13,19H,4-5,11-12H2,1-3H3,(H,25,29)(H,26,27)/t19-/m0/s1. The summed E-state index contributed by atoms with van der Waals surface area (Å²) in [7, 11) is 0. The Morgan fingerprint density at radius 1 is 1.34 bits per heavy atom. The van der Waals surface area contributed by atoms with E-state index >= 15 is 0 Å². The van der Waals surface area contributed by atoms with E-state index in [-0.39, 0.29) is 23.2 Å². The Hall–Kier alpha value is -2.96. The molecule has 0 unspecified atom stereocenters. The highest BCUT2D eigenvalue weighted by molar-refractivity contribution is 5.92. The first-order valence-corrected chi connectivity index (χ1v) is 10.0. The van der Waals surface area contributed by atoms with Gasteiger partial charge < -0.3 is 5.32 Å². The largest absolute Gasteiger partial charge is 0.344 e. The number of halogens is 1. The van der Waals surface area contributed by atoms with Crippen LogP contribution in [0, 0.1) is 11.2 Å². The highest BCUT2D eigenvalue weighted by Crippen LogP contribution is 2.41. The van der Waals surface area contributed by atoms with Gasteiger partial charge in [-0.05, 0) is 55.0 Å². The average Bonchev–Trinajstić information content (AvgIpc) is 3.29. The van der Waals surface area contributed by atoms with Crippen LogP contribution >= 0.6 is 0 Å². The molecule has 1 aromatic carbocycles.